The summed E-state index contributed by atoms with van der Waals surface area (Å²) in [6.45, 7) is 3.55. The summed E-state index contributed by atoms with van der Waals surface area (Å²) in [5.41, 5.74) is 8.99. The van der Waals surface area contributed by atoms with Gasteiger partial charge >= 0.3 is 0 Å². The van der Waals surface area contributed by atoms with Crippen LogP contribution in [0.1, 0.15) is 18.2 Å². The topological polar surface area (TPSA) is 59.1 Å². The van der Waals surface area contributed by atoms with Crippen molar-refractivity contribution in [3.63, 3.8) is 0 Å². The predicted octanol–water partition coefficient (Wildman–Crippen LogP) is 2.24. The van der Waals surface area contributed by atoms with Gasteiger partial charge in [-0.25, -0.2) is 4.98 Å². The summed E-state index contributed by atoms with van der Waals surface area (Å²) in [7, 11) is 0. The van der Waals surface area contributed by atoms with Crippen molar-refractivity contribution in [1.82, 2.24) is 4.98 Å². The van der Waals surface area contributed by atoms with Gasteiger partial charge in [-0.3, -0.25) is 0 Å². The largest absolute Gasteiger partial charge is 0.372 e. The first kappa shape index (κ1) is 11.3. The van der Waals surface area contributed by atoms with E-state index in [1.54, 1.807) is 18.3 Å². The molecule has 1 aromatic heterocycles. The summed E-state index contributed by atoms with van der Waals surface area (Å²) in [5.74, 6) is 0. The lowest BCUT2D eigenvalue weighted by atomic mass is 10.0. The summed E-state index contributed by atoms with van der Waals surface area (Å²) >= 11 is 1.61. The molecule has 3 N–H and O–H groups in total. The van der Waals surface area contributed by atoms with Crippen LogP contribution in [0.2, 0.25) is 0 Å². The van der Waals surface area contributed by atoms with E-state index in [0.29, 0.717) is 5.56 Å². The summed E-state index contributed by atoms with van der Waals surface area (Å²) < 4.78 is 0. The lowest BCUT2D eigenvalue weighted by Crippen LogP contribution is -2.31. The molecule has 0 unspecified atom stereocenters. The molecule has 0 aliphatic carbocycles. The maximum Gasteiger partial charge on any atom is 0.136 e. The van der Waals surface area contributed by atoms with Gasteiger partial charge in [-0.1, -0.05) is 24.3 Å². The number of aliphatic hydroxyl groups is 1. The van der Waals surface area contributed by atoms with Crippen LogP contribution in [0, 0.1) is 6.92 Å². The van der Waals surface area contributed by atoms with Gasteiger partial charge in [0, 0.05) is 0 Å². The maximum atomic E-state index is 9.63. The second kappa shape index (κ2) is 3.97. The van der Waals surface area contributed by atoms with Gasteiger partial charge in [0.15, 0.2) is 0 Å². The van der Waals surface area contributed by atoms with E-state index in [-0.39, 0.29) is 0 Å². The number of aryl methyl sites for hydroxylation is 1. The van der Waals surface area contributed by atoms with E-state index in [2.05, 4.69) is 4.98 Å². The number of aromatic nitrogens is 1. The van der Waals surface area contributed by atoms with Crippen molar-refractivity contribution >= 4 is 11.3 Å². The SMILES string of the molecule is Cc1ncsc1-c1ccc([C@@](C)(N)O)cc1. The summed E-state index contributed by atoms with van der Waals surface area (Å²) in [5, 5.41) is 9.63. The fourth-order valence-electron chi connectivity index (χ4n) is 1.54. The first-order valence-electron chi connectivity index (χ1n) is 5.01. The number of benzene rings is 1. The molecule has 16 heavy (non-hydrogen) atoms. The Morgan fingerprint density at radius 2 is 1.94 bits per heavy atom. The van der Waals surface area contributed by atoms with Gasteiger partial charge in [0.1, 0.15) is 5.72 Å². The Morgan fingerprint density at radius 3 is 2.38 bits per heavy atom. The van der Waals surface area contributed by atoms with Gasteiger partial charge in [0.05, 0.1) is 16.1 Å². The second-order valence-corrected chi connectivity index (χ2v) is 4.85. The molecule has 0 aliphatic heterocycles. The van der Waals surface area contributed by atoms with Crippen molar-refractivity contribution in [2.75, 3.05) is 0 Å². The zero-order valence-corrected chi connectivity index (χ0v) is 10.1. The smallest absolute Gasteiger partial charge is 0.136 e. The van der Waals surface area contributed by atoms with Gasteiger partial charge in [-0.05, 0) is 25.0 Å². The van der Waals surface area contributed by atoms with Crippen LogP contribution in [-0.4, -0.2) is 10.1 Å². The Bertz CT molecular complexity index is 482. The Hall–Kier alpha value is -1.23. The number of hydrogen-bond acceptors (Lipinski definition) is 4. The highest BCUT2D eigenvalue weighted by molar-refractivity contribution is 7.13. The quantitative estimate of drug-likeness (QED) is 0.783. The minimum absolute atomic E-state index is 0.707. The molecule has 2 rings (SSSR count). The van der Waals surface area contributed by atoms with Crippen LogP contribution in [0.5, 0.6) is 0 Å². The zero-order chi connectivity index (χ0) is 11.8. The molecule has 1 heterocycles. The molecule has 1 aromatic carbocycles. The van der Waals surface area contributed by atoms with E-state index in [1.165, 1.54) is 0 Å². The van der Waals surface area contributed by atoms with Crippen LogP contribution in [0.25, 0.3) is 10.4 Å². The molecule has 0 fully saturated rings. The average molecular weight is 234 g/mol. The van der Waals surface area contributed by atoms with E-state index in [0.717, 1.165) is 16.1 Å². The Kier molecular flexibility index (Phi) is 2.80. The highest BCUT2D eigenvalue weighted by Gasteiger charge is 2.16. The number of hydrogen-bond donors (Lipinski definition) is 2. The number of nitrogens with two attached hydrogens (primary N) is 1. The second-order valence-electron chi connectivity index (χ2n) is 3.99. The van der Waals surface area contributed by atoms with E-state index >= 15 is 0 Å². The molecule has 84 valence electrons. The minimum Gasteiger partial charge on any atom is -0.372 e. The number of rotatable bonds is 2. The molecule has 0 spiro atoms. The third kappa shape index (κ3) is 2.14. The van der Waals surface area contributed by atoms with Gasteiger partial charge in [-0.15, -0.1) is 11.3 Å². The molecule has 0 amide bonds. The van der Waals surface area contributed by atoms with Crippen LogP contribution >= 0.6 is 11.3 Å². The van der Waals surface area contributed by atoms with Gasteiger partial charge in [0.25, 0.3) is 0 Å². The zero-order valence-electron chi connectivity index (χ0n) is 9.27. The normalized spacial score (nSPS) is 14.8. The molecule has 4 heteroatoms. The molecule has 0 radical (unpaired) electrons. The van der Waals surface area contributed by atoms with Crippen molar-refractivity contribution in [1.29, 1.82) is 0 Å². The standard InChI is InChI=1S/C12H14N2OS/c1-8-11(16-7-14-8)9-3-5-10(6-4-9)12(2,13)15/h3-7,15H,13H2,1-2H3/t12-/m0/s1. The third-order valence-corrected chi connectivity index (χ3v) is 3.45. The lowest BCUT2D eigenvalue weighted by molar-refractivity contribution is 0.0647. The molecule has 0 saturated carbocycles. The Morgan fingerprint density at radius 1 is 1.31 bits per heavy atom. The molecule has 2 aromatic rings. The van der Waals surface area contributed by atoms with E-state index < -0.39 is 5.72 Å². The molecule has 0 aliphatic rings. The van der Waals surface area contributed by atoms with Gasteiger partial charge in [-0.2, -0.15) is 0 Å². The monoisotopic (exact) mass is 234 g/mol. The van der Waals surface area contributed by atoms with Crippen LogP contribution in [0.4, 0.5) is 0 Å². The van der Waals surface area contributed by atoms with Crippen LogP contribution < -0.4 is 5.73 Å². The minimum atomic E-state index is -1.28. The summed E-state index contributed by atoms with van der Waals surface area (Å²) in [4.78, 5) is 5.36. The highest BCUT2D eigenvalue weighted by atomic mass is 32.1. The fraction of sp³-hybridized carbons (Fsp3) is 0.250. The number of nitrogens with zero attached hydrogens (tertiary/aromatic N) is 1. The van der Waals surface area contributed by atoms with Crippen LogP contribution in [0.3, 0.4) is 0 Å². The number of thiazole rings is 1. The highest BCUT2D eigenvalue weighted by Crippen LogP contribution is 2.28. The summed E-state index contributed by atoms with van der Waals surface area (Å²) in [6, 6.07) is 7.59. The van der Waals surface area contributed by atoms with Crippen LogP contribution in [-0.2, 0) is 5.72 Å². The maximum absolute atomic E-state index is 9.63. The van der Waals surface area contributed by atoms with Crippen LogP contribution in [0.15, 0.2) is 29.8 Å². The van der Waals surface area contributed by atoms with E-state index in [9.17, 15) is 5.11 Å². The van der Waals surface area contributed by atoms with Crippen molar-refractivity contribution < 1.29 is 5.11 Å². The summed E-state index contributed by atoms with van der Waals surface area (Å²) in [6.07, 6.45) is 0. The molecule has 0 bridgehead atoms. The third-order valence-electron chi connectivity index (χ3n) is 2.48. The first-order valence-corrected chi connectivity index (χ1v) is 5.88. The van der Waals surface area contributed by atoms with E-state index in [1.807, 2.05) is 36.7 Å². The predicted molar refractivity (Wildman–Crippen MR) is 66.0 cm³/mol. The van der Waals surface area contributed by atoms with Crippen molar-refractivity contribution in [3.05, 3.63) is 41.0 Å². The average Bonchev–Trinajstić information content (AvgIpc) is 2.63. The molecule has 3 nitrogen and oxygen atoms in total. The Labute approximate surface area is 98.6 Å². The fourth-order valence-corrected chi connectivity index (χ4v) is 2.35. The van der Waals surface area contributed by atoms with Crippen molar-refractivity contribution in [2.45, 2.75) is 19.6 Å². The first-order chi connectivity index (χ1) is 7.48. The molecule has 1 atom stereocenters. The molecular weight excluding hydrogens is 220 g/mol. The van der Waals surface area contributed by atoms with Crippen molar-refractivity contribution in [2.24, 2.45) is 5.73 Å². The molecular formula is C12H14N2OS. The van der Waals surface area contributed by atoms with Crippen molar-refractivity contribution in [3.8, 4) is 10.4 Å². The van der Waals surface area contributed by atoms with Gasteiger partial charge in [0.2, 0.25) is 0 Å². The van der Waals surface area contributed by atoms with E-state index in [4.69, 9.17) is 5.73 Å². The van der Waals surface area contributed by atoms with Gasteiger partial charge < -0.3 is 10.8 Å². The lowest BCUT2D eigenvalue weighted by Gasteiger charge is -2.17. The Balaban J connectivity index is 2.37. The molecule has 0 saturated heterocycles.